The van der Waals surface area contributed by atoms with Crippen molar-refractivity contribution in [2.75, 3.05) is 37.7 Å². The van der Waals surface area contributed by atoms with Gasteiger partial charge in [-0.25, -0.2) is 0 Å². The lowest BCUT2D eigenvalue weighted by atomic mass is 10.1. The molecule has 0 N–H and O–H groups in total. The van der Waals surface area contributed by atoms with Crippen molar-refractivity contribution < 1.29 is 0 Å². The van der Waals surface area contributed by atoms with Crippen molar-refractivity contribution >= 4 is 23.5 Å². The largest absolute Gasteiger partial charge is 0.289 e. The molecule has 0 spiro atoms. The van der Waals surface area contributed by atoms with Gasteiger partial charge in [-0.05, 0) is 25.9 Å². The van der Waals surface area contributed by atoms with Crippen molar-refractivity contribution in [2.45, 2.75) is 114 Å². The van der Waals surface area contributed by atoms with Crippen molar-refractivity contribution in [1.82, 2.24) is 9.80 Å². The van der Waals surface area contributed by atoms with Gasteiger partial charge in [0.25, 0.3) is 0 Å². The Bertz CT molecular complexity index is 333. The minimum atomic E-state index is 0.761. The van der Waals surface area contributed by atoms with Gasteiger partial charge in [0.2, 0.25) is 0 Å². The number of hydrogen-bond donors (Lipinski definition) is 0. The summed E-state index contributed by atoms with van der Waals surface area (Å²) < 4.78 is 0. The van der Waals surface area contributed by atoms with E-state index in [1.54, 1.807) is 0 Å². The Labute approximate surface area is 185 Å². The van der Waals surface area contributed by atoms with E-state index in [0.29, 0.717) is 0 Å². The molecule has 2 aliphatic rings. The molecular formula is C24H48N2S2. The molecule has 0 aromatic heterocycles. The first kappa shape index (κ1) is 24.9. The van der Waals surface area contributed by atoms with Crippen LogP contribution in [0.5, 0.6) is 0 Å². The maximum atomic E-state index is 2.83. The van der Waals surface area contributed by atoms with Gasteiger partial charge < -0.3 is 0 Å². The third-order valence-electron chi connectivity index (χ3n) is 6.40. The molecule has 0 amide bonds. The van der Waals surface area contributed by atoms with Crippen molar-refractivity contribution in [3.05, 3.63) is 0 Å². The van der Waals surface area contributed by atoms with Crippen LogP contribution in [0.3, 0.4) is 0 Å². The first-order valence-electron chi connectivity index (χ1n) is 12.6. The maximum absolute atomic E-state index is 2.83. The molecule has 0 aromatic rings. The molecular weight excluding hydrogens is 380 g/mol. The summed E-state index contributed by atoms with van der Waals surface area (Å²) in [6.07, 6.45) is 20.0. The molecule has 2 heterocycles. The van der Waals surface area contributed by atoms with E-state index >= 15 is 0 Å². The summed E-state index contributed by atoms with van der Waals surface area (Å²) in [4.78, 5) is 5.66. The number of thioether (sulfide) groups is 2. The van der Waals surface area contributed by atoms with E-state index in [9.17, 15) is 0 Å². The third-order valence-corrected chi connectivity index (χ3v) is 9.20. The quantitative estimate of drug-likeness (QED) is 0.225. The van der Waals surface area contributed by atoms with E-state index < -0.39 is 0 Å². The second-order valence-corrected chi connectivity index (χ2v) is 11.3. The van der Waals surface area contributed by atoms with Crippen LogP contribution in [0.25, 0.3) is 0 Å². The van der Waals surface area contributed by atoms with Gasteiger partial charge in [0.15, 0.2) is 0 Å². The maximum Gasteiger partial charge on any atom is 0.0810 e. The summed E-state index contributed by atoms with van der Waals surface area (Å²) in [6, 6.07) is 0. The second kappa shape index (κ2) is 16.3. The molecule has 0 radical (unpaired) electrons. The van der Waals surface area contributed by atoms with Gasteiger partial charge in [-0.1, -0.05) is 90.9 Å². The molecule has 2 rings (SSSR count). The summed E-state index contributed by atoms with van der Waals surface area (Å²) in [6.45, 7) is 9.95. The third kappa shape index (κ3) is 9.62. The minimum Gasteiger partial charge on any atom is -0.289 e. The summed E-state index contributed by atoms with van der Waals surface area (Å²) in [7, 11) is 0. The molecule has 166 valence electrons. The fraction of sp³-hybridized carbons (Fsp3) is 1.00. The summed E-state index contributed by atoms with van der Waals surface area (Å²) in [5.41, 5.74) is 0. The van der Waals surface area contributed by atoms with Crippen LogP contribution in [0.4, 0.5) is 0 Å². The Balaban J connectivity index is 1.60. The molecule has 4 heteroatoms. The normalized spacial score (nSPS) is 23.8. The summed E-state index contributed by atoms with van der Waals surface area (Å²) in [5.74, 6) is 2.70. The zero-order chi connectivity index (χ0) is 19.9. The van der Waals surface area contributed by atoms with E-state index in [-0.39, 0.29) is 0 Å². The van der Waals surface area contributed by atoms with E-state index in [1.165, 1.54) is 128 Å². The molecule has 0 saturated carbocycles. The van der Waals surface area contributed by atoms with Gasteiger partial charge >= 0.3 is 0 Å². The highest BCUT2D eigenvalue weighted by atomic mass is 32.2. The number of rotatable bonds is 17. The Morgan fingerprint density at radius 1 is 0.536 bits per heavy atom. The summed E-state index contributed by atoms with van der Waals surface area (Å²) >= 11 is 4.49. The molecule has 2 aliphatic heterocycles. The highest BCUT2D eigenvalue weighted by molar-refractivity contribution is 8.04. The average molecular weight is 429 g/mol. The Morgan fingerprint density at radius 3 is 1.29 bits per heavy atom. The van der Waals surface area contributed by atoms with Gasteiger partial charge in [0.1, 0.15) is 0 Å². The lowest BCUT2D eigenvalue weighted by Gasteiger charge is -2.33. The van der Waals surface area contributed by atoms with Gasteiger partial charge in [-0.3, -0.25) is 9.80 Å². The second-order valence-electron chi connectivity index (χ2n) is 8.84. The van der Waals surface area contributed by atoms with Crippen LogP contribution in [0.1, 0.15) is 104 Å². The molecule has 0 aromatic carbocycles. The van der Waals surface area contributed by atoms with Crippen LogP contribution in [0, 0.1) is 0 Å². The molecule has 2 fully saturated rings. The van der Waals surface area contributed by atoms with Crippen molar-refractivity contribution in [1.29, 1.82) is 0 Å². The molecule has 2 saturated heterocycles. The summed E-state index contributed by atoms with van der Waals surface area (Å²) in [5, 5.41) is 1.52. The lowest BCUT2D eigenvalue weighted by Crippen LogP contribution is -2.44. The van der Waals surface area contributed by atoms with Crippen molar-refractivity contribution in [2.24, 2.45) is 0 Å². The fourth-order valence-corrected chi connectivity index (χ4v) is 7.75. The van der Waals surface area contributed by atoms with Gasteiger partial charge in [0.05, 0.1) is 10.7 Å². The molecule has 28 heavy (non-hydrogen) atoms. The molecule has 0 bridgehead atoms. The van der Waals surface area contributed by atoms with Crippen molar-refractivity contribution in [3.8, 4) is 0 Å². The zero-order valence-corrected chi connectivity index (χ0v) is 20.6. The highest BCUT2D eigenvalue weighted by Crippen LogP contribution is 2.38. The van der Waals surface area contributed by atoms with E-state index in [4.69, 9.17) is 0 Å². The Morgan fingerprint density at radius 2 is 0.893 bits per heavy atom. The number of hydrogen-bond acceptors (Lipinski definition) is 4. The SMILES string of the molecule is CCCCCCCCCN1CCSC1C1SCCN1CCCCCCCCC. The van der Waals surface area contributed by atoms with Crippen LogP contribution < -0.4 is 0 Å². The predicted octanol–water partition coefficient (Wildman–Crippen LogP) is 7.24. The van der Waals surface area contributed by atoms with Crippen LogP contribution in [-0.4, -0.2) is 58.2 Å². The lowest BCUT2D eigenvalue weighted by molar-refractivity contribution is 0.192. The average Bonchev–Trinajstić information content (AvgIpc) is 3.35. The number of unbranched alkanes of at least 4 members (excludes halogenated alkanes) is 12. The van der Waals surface area contributed by atoms with Gasteiger partial charge in [0, 0.05) is 24.6 Å². The molecule has 0 aliphatic carbocycles. The Kier molecular flexibility index (Phi) is 14.5. The minimum absolute atomic E-state index is 0.761. The van der Waals surface area contributed by atoms with Crippen molar-refractivity contribution in [3.63, 3.8) is 0 Å². The van der Waals surface area contributed by atoms with Crippen LogP contribution in [0.15, 0.2) is 0 Å². The molecule has 2 nitrogen and oxygen atoms in total. The van der Waals surface area contributed by atoms with Crippen LogP contribution >= 0.6 is 23.5 Å². The predicted molar refractivity (Wildman–Crippen MR) is 132 cm³/mol. The number of nitrogens with zero attached hydrogens (tertiary/aromatic N) is 2. The topological polar surface area (TPSA) is 6.48 Å². The monoisotopic (exact) mass is 428 g/mol. The van der Waals surface area contributed by atoms with E-state index in [1.807, 2.05) is 0 Å². The van der Waals surface area contributed by atoms with E-state index in [0.717, 1.165) is 10.7 Å². The first-order valence-corrected chi connectivity index (χ1v) is 14.7. The standard InChI is InChI=1S/C24H48N2S2/c1-3-5-7-9-11-13-15-17-25-19-21-27-23(25)24-26(20-22-28-24)18-16-14-12-10-8-6-4-2/h23-24H,3-22H2,1-2H3. The molecule has 2 unspecified atom stereocenters. The van der Waals surface area contributed by atoms with Gasteiger partial charge in [-0.2, -0.15) is 0 Å². The fourth-order valence-electron chi connectivity index (χ4n) is 4.59. The Hall–Kier alpha value is 0.620. The molecule has 2 atom stereocenters. The smallest absolute Gasteiger partial charge is 0.0810 e. The van der Waals surface area contributed by atoms with Crippen LogP contribution in [0.2, 0.25) is 0 Å². The zero-order valence-electron chi connectivity index (χ0n) is 19.0. The highest BCUT2D eigenvalue weighted by Gasteiger charge is 2.38. The first-order chi connectivity index (χ1) is 13.9. The van der Waals surface area contributed by atoms with Gasteiger partial charge in [-0.15, -0.1) is 23.5 Å². The van der Waals surface area contributed by atoms with E-state index in [2.05, 4.69) is 47.2 Å². The van der Waals surface area contributed by atoms with Crippen LogP contribution in [-0.2, 0) is 0 Å².